The van der Waals surface area contributed by atoms with Gasteiger partial charge in [0.15, 0.2) is 5.13 Å². The maximum Gasteiger partial charge on any atom is 0.258 e. The number of hydrogen-bond acceptors (Lipinski definition) is 5. The maximum atomic E-state index is 12.4. The van der Waals surface area contributed by atoms with Gasteiger partial charge >= 0.3 is 0 Å². The van der Waals surface area contributed by atoms with Gasteiger partial charge in [0, 0.05) is 33.6 Å². The van der Waals surface area contributed by atoms with Crippen molar-refractivity contribution in [2.45, 2.75) is 6.54 Å². The van der Waals surface area contributed by atoms with E-state index in [1.165, 1.54) is 11.3 Å². The molecule has 0 radical (unpaired) electrons. The van der Waals surface area contributed by atoms with Crippen LogP contribution in [-0.2, 0) is 11.3 Å². The number of amides is 1. The molecule has 1 aromatic heterocycles. The molecular weight excluding hydrogens is 449 g/mol. The number of hydrogen-bond donors (Lipinski definition) is 1. The van der Waals surface area contributed by atoms with Gasteiger partial charge in [-0.15, -0.1) is 11.3 Å². The number of morpholine rings is 1. The van der Waals surface area contributed by atoms with E-state index in [-0.39, 0.29) is 5.91 Å². The van der Waals surface area contributed by atoms with Gasteiger partial charge in [0.25, 0.3) is 5.91 Å². The van der Waals surface area contributed by atoms with Gasteiger partial charge in [0.05, 0.1) is 24.5 Å². The van der Waals surface area contributed by atoms with E-state index in [1.807, 2.05) is 11.4 Å². The van der Waals surface area contributed by atoms with E-state index >= 15 is 0 Å². The number of thiazole rings is 1. The van der Waals surface area contributed by atoms with E-state index in [0.29, 0.717) is 15.7 Å². The van der Waals surface area contributed by atoms with Crippen molar-refractivity contribution in [1.29, 1.82) is 0 Å². The van der Waals surface area contributed by atoms with Crippen LogP contribution in [-0.4, -0.2) is 42.1 Å². The Hall–Kier alpha value is -0.740. The van der Waals surface area contributed by atoms with Gasteiger partial charge in [-0.25, -0.2) is 4.98 Å². The van der Waals surface area contributed by atoms with Crippen molar-refractivity contribution in [3.05, 3.63) is 43.4 Å². The molecule has 0 aliphatic carbocycles. The zero-order valence-corrected chi connectivity index (χ0v) is 15.9. The summed E-state index contributed by atoms with van der Waals surface area (Å²) in [5.41, 5.74) is 1.52. The van der Waals surface area contributed by atoms with E-state index in [9.17, 15) is 4.79 Å². The summed E-state index contributed by atoms with van der Waals surface area (Å²) in [4.78, 5) is 19.1. The Morgan fingerprint density at radius 2 is 2.22 bits per heavy atom. The van der Waals surface area contributed by atoms with Crippen LogP contribution < -0.4 is 5.32 Å². The second kappa shape index (κ2) is 7.89. The lowest BCUT2D eigenvalue weighted by atomic mass is 10.2. The van der Waals surface area contributed by atoms with E-state index in [1.54, 1.807) is 12.1 Å². The molecule has 8 heteroatoms. The lowest BCUT2D eigenvalue weighted by molar-refractivity contribution is 0.0337. The van der Waals surface area contributed by atoms with Crippen molar-refractivity contribution >= 4 is 56.6 Å². The number of carbonyl (C=O) groups is 1. The Morgan fingerprint density at radius 3 is 3.00 bits per heavy atom. The number of rotatable bonds is 4. The number of carbonyl (C=O) groups excluding carboxylic acids is 1. The Bertz CT molecular complexity index is 704. The summed E-state index contributed by atoms with van der Waals surface area (Å²) < 4.78 is 6.19. The van der Waals surface area contributed by atoms with Gasteiger partial charge in [-0.2, -0.15) is 0 Å². The van der Waals surface area contributed by atoms with Gasteiger partial charge in [0.2, 0.25) is 0 Å². The average molecular weight is 464 g/mol. The van der Waals surface area contributed by atoms with E-state index < -0.39 is 0 Å². The van der Waals surface area contributed by atoms with Crippen LogP contribution in [0.5, 0.6) is 0 Å². The molecule has 1 N–H and O–H groups in total. The SMILES string of the molecule is O=C(Nc1nc(CN2CCOCC2)cs1)c1cc(Cl)ccc1I. The quantitative estimate of drug-likeness (QED) is 0.706. The molecule has 5 nitrogen and oxygen atoms in total. The van der Waals surface area contributed by atoms with Crippen LogP contribution in [0.4, 0.5) is 5.13 Å². The fourth-order valence-electron chi connectivity index (χ4n) is 2.26. The second-order valence-corrected chi connectivity index (χ2v) is 7.57. The highest BCUT2D eigenvalue weighted by molar-refractivity contribution is 14.1. The van der Waals surface area contributed by atoms with Crippen molar-refractivity contribution in [1.82, 2.24) is 9.88 Å². The number of aromatic nitrogens is 1. The largest absolute Gasteiger partial charge is 0.379 e. The van der Waals surface area contributed by atoms with Crippen molar-refractivity contribution in [3.8, 4) is 0 Å². The van der Waals surface area contributed by atoms with Gasteiger partial charge in [-0.1, -0.05) is 11.6 Å². The summed E-state index contributed by atoms with van der Waals surface area (Å²) >= 11 is 9.52. The zero-order chi connectivity index (χ0) is 16.2. The topological polar surface area (TPSA) is 54.5 Å². The first-order valence-corrected chi connectivity index (χ1v) is 9.46. The van der Waals surface area contributed by atoms with E-state index in [0.717, 1.165) is 42.1 Å². The average Bonchev–Trinajstić information content (AvgIpc) is 2.97. The normalized spacial score (nSPS) is 15.6. The molecule has 122 valence electrons. The predicted molar refractivity (Wildman–Crippen MR) is 100 cm³/mol. The molecule has 3 rings (SSSR count). The number of ether oxygens (including phenoxy) is 1. The smallest absolute Gasteiger partial charge is 0.258 e. The molecule has 0 atom stereocenters. The molecule has 1 amide bonds. The third-order valence-electron chi connectivity index (χ3n) is 3.43. The number of benzene rings is 1. The molecule has 0 unspecified atom stereocenters. The summed E-state index contributed by atoms with van der Waals surface area (Å²) in [5.74, 6) is -0.191. The summed E-state index contributed by atoms with van der Waals surface area (Å²) in [6.45, 7) is 4.14. The summed E-state index contributed by atoms with van der Waals surface area (Å²) in [7, 11) is 0. The maximum absolute atomic E-state index is 12.4. The number of nitrogens with one attached hydrogen (secondary N) is 1. The summed E-state index contributed by atoms with van der Waals surface area (Å²) in [6.07, 6.45) is 0. The fraction of sp³-hybridized carbons (Fsp3) is 0.333. The minimum Gasteiger partial charge on any atom is -0.379 e. The molecule has 23 heavy (non-hydrogen) atoms. The molecule has 1 fully saturated rings. The summed E-state index contributed by atoms with van der Waals surface area (Å²) in [6, 6.07) is 5.26. The number of nitrogens with zero attached hydrogens (tertiary/aromatic N) is 2. The third kappa shape index (κ3) is 4.63. The van der Waals surface area contributed by atoms with Crippen molar-refractivity contribution < 1.29 is 9.53 Å². The molecule has 0 saturated carbocycles. The van der Waals surface area contributed by atoms with Crippen molar-refractivity contribution in [2.24, 2.45) is 0 Å². The van der Waals surface area contributed by atoms with Gasteiger partial charge in [-0.3, -0.25) is 15.0 Å². The summed E-state index contributed by atoms with van der Waals surface area (Å²) in [5, 5.41) is 5.98. The first kappa shape index (κ1) is 17.1. The minimum atomic E-state index is -0.191. The monoisotopic (exact) mass is 463 g/mol. The van der Waals surface area contributed by atoms with E-state index in [2.05, 4.69) is 37.8 Å². The van der Waals surface area contributed by atoms with Gasteiger partial charge in [-0.05, 0) is 40.8 Å². The third-order valence-corrected chi connectivity index (χ3v) is 5.42. The molecule has 1 aliphatic heterocycles. The number of anilines is 1. The molecule has 1 aliphatic rings. The van der Waals surface area contributed by atoms with E-state index in [4.69, 9.17) is 16.3 Å². The highest BCUT2D eigenvalue weighted by Gasteiger charge is 2.15. The molecular formula is C15H15ClIN3O2S. The zero-order valence-electron chi connectivity index (χ0n) is 12.2. The van der Waals surface area contributed by atoms with Crippen molar-refractivity contribution in [2.75, 3.05) is 31.6 Å². The molecule has 1 aromatic carbocycles. The Labute approximate surface area is 157 Å². The fourth-order valence-corrected chi connectivity index (χ4v) is 3.71. The first-order valence-electron chi connectivity index (χ1n) is 7.13. The van der Waals surface area contributed by atoms with Crippen LogP contribution in [0.25, 0.3) is 0 Å². The van der Waals surface area contributed by atoms with Crippen LogP contribution >= 0.6 is 45.5 Å². The second-order valence-electron chi connectivity index (χ2n) is 5.11. The standard InChI is InChI=1S/C15H15ClIN3O2S/c16-10-1-2-13(17)12(7-10)14(21)19-15-18-11(9-23-15)8-20-3-5-22-6-4-20/h1-2,7,9H,3-6,8H2,(H,18,19,21). The Balaban J connectivity index is 1.64. The Kier molecular flexibility index (Phi) is 5.86. The first-order chi connectivity index (χ1) is 11.1. The lowest BCUT2D eigenvalue weighted by Crippen LogP contribution is -2.35. The number of halogens is 2. The molecule has 0 spiro atoms. The molecule has 0 bridgehead atoms. The molecule has 2 heterocycles. The molecule has 1 saturated heterocycles. The van der Waals surface area contributed by atoms with Crippen LogP contribution in [0.2, 0.25) is 5.02 Å². The highest BCUT2D eigenvalue weighted by atomic mass is 127. The van der Waals surface area contributed by atoms with Gasteiger partial charge < -0.3 is 4.74 Å². The highest BCUT2D eigenvalue weighted by Crippen LogP contribution is 2.21. The predicted octanol–water partition coefficient (Wildman–Crippen LogP) is 3.49. The van der Waals surface area contributed by atoms with Crippen LogP contribution in [0, 0.1) is 3.57 Å². The van der Waals surface area contributed by atoms with Crippen LogP contribution in [0.3, 0.4) is 0 Å². The van der Waals surface area contributed by atoms with Gasteiger partial charge in [0.1, 0.15) is 0 Å². The van der Waals surface area contributed by atoms with Crippen LogP contribution in [0.1, 0.15) is 16.1 Å². The van der Waals surface area contributed by atoms with Crippen LogP contribution in [0.15, 0.2) is 23.6 Å². The Morgan fingerprint density at radius 1 is 1.43 bits per heavy atom. The minimum absolute atomic E-state index is 0.191. The molecule has 2 aromatic rings. The van der Waals surface area contributed by atoms with Crippen molar-refractivity contribution in [3.63, 3.8) is 0 Å². The lowest BCUT2D eigenvalue weighted by Gasteiger charge is -2.25.